The number of piperidine rings is 1. The summed E-state index contributed by atoms with van der Waals surface area (Å²) in [7, 11) is 0. The van der Waals surface area contributed by atoms with Crippen LogP contribution in [0.1, 0.15) is 46.1 Å². The molecule has 1 saturated heterocycles. The highest BCUT2D eigenvalue weighted by molar-refractivity contribution is 9.10. The Hall–Kier alpha value is -1.07. The highest BCUT2D eigenvalue weighted by Gasteiger charge is 2.31. The van der Waals surface area contributed by atoms with Gasteiger partial charge < -0.3 is 15.0 Å². The summed E-state index contributed by atoms with van der Waals surface area (Å²) in [5, 5.41) is 3.60. The predicted molar refractivity (Wildman–Crippen MR) is 96.4 cm³/mol. The summed E-state index contributed by atoms with van der Waals surface area (Å²) in [6.07, 6.45) is 1.71. The number of carbonyl (C=O) groups excluding carboxylic acids is 1. The number of halogens is 1. The van der Waals surface area contributed by atoms with E-state index in [1.165, 1.54) is 5.56 Å². The summed E-state index contributed by atoms with van der Waals surface area (Å²) in [4.78, 5) is 14.1. The van der Waals surface area contributed by atoms with E-state index in [1.54, 1.807) is 0 Å². The number of hydrogen-bond acceptors (Lipinski definition) is 3. The van der Waals surface area contributed by atoms with E-state index in [0.29, 0.717) is 6.04 Å². The monoisotopic (exact) mass is 382 g/mol. The molecule has 0 spiro atoms. The van der Waals surface area contributed by atoms with Crippen molar-refractivity contribution in [2.45, 2.75) is 64.8 Å². The van der Waals surface area contributed by atoms with Gasteiger partial charge in [0.1, 0.15) is 5.60 Å². The standard InChI is InChI=1S/C18H27BrN2O2/c1-13-10-16(20-12-14-6-5-7-15(19)11-14)8-9-21(13)17(22)23-18(2,3)4/h5-7,11,13,16,20H,8-10,12H2,1-4H3. The highest BCUT2D eigenvalue weighted by Crippen LogP contribution is 2.21. The lowest BCUT2D eigenvalue weighted by Crippen LogP contribution is -2.50. The zero-order valence-electron chi connectivity index (χ0n) is 14.4. The molecule has 128 valence electrons. The molecule has 5 heteroatoms. The number of likely N-dealkylation sites (tertiary alicyclic amines) is 1. The fraction of sp³-hybridized carbons (Fsp3) is 0.611. The average molecular weight is 383 g/mol. The van der Waals surface area contributed by atoms with Gasteiger partial charge in [0.2, 0.25) is 0 Å². The molecular formula is C18H27BrN2O2. The first kappa shape index (κ1) is 18.3. The molecule has 1 heterocycles. The lowest BCUT2D eigenvalue weighted by Gasteiger charge is -2.38. The summed E-state index contributed by atoms with van der Waals surface area (Å²) < 4.78 is 6.59. The third-order valence-electron chi connectivity index (χ3n) is 3.99. The summed E-state index contributed by atoms with van der Waals surface area (Å²) in [5.74, 6) is 0. The normalized spacial score (nSPS) is 22.0. The number of nitrogens with one attached hydrogen (secondary N) is 1. The van der Waals surface area contributed by atoms with Crippen molar-refractivity contribution in [1.82, 2.24) is 10.2 Å². The Morgan fingerprint density at radius 3 is 2.78 bits per heavy atom. The van der Waals surface area contributed by atoms with Crippen LogP contribution in [0.4, 0.5) is 4.79 Å². The first-order valence-corrected chi connectivity index (χ1v) is 9.01. The van der Waals surface area contributed by atoms with Gasteiger partial charge in [-0.25, -0.2) is 4.79 Å². The Balaban J connectivity index is 1.83. The lowest BCUT2D eigenvalue weighted by atomic mass is 9.98. The van der Waals surface area contributed by atoms with E-state index < -0.39 is 5.60 Å². The molecule has 2 atom stereocenters. The van der Waals surface area contributed by atoms with E-state index >= 15 is 0 Å². The Morgan fingerprint density at radius 2 is 2.17 bits per heavy atom. The van der Waals surface area contributed by atoms with Crippen molar-refractivity contribution >= 4 is 22.0 Å². The zero-order chi connectivity index (χ0) is 17.0. The van der Waals surface area contributed by atoms with Gasteiger partial charge in [0.25, 0.3) is 0 Å². The van der Waals surface area contributed by atoms with Crippen LogP contribution in [-0.4, -0.2) is 35.2 Å². The van der Waals surface area contributed by atoms with Crippen molar-refractivity contribution in [3.63, 3.8) is 0 Å². The highest BCUT2D eigenvalue weighted by atomic mass is 79.9. The molecule has 0 bridgehead atoms. The fourth-order valence-electron chi connectivity index (χ4n) is 2.86. The van der Waals surface area contributed by atoms with Crippen molar-refractivity contribution in [1.29, 1.82) is 0 Å². The molecule has 1 aliphatic rings. The molecule has 0 aliphatic carbocycles. The van der Waals surface area contributed by atoms with Gasteiger partial charge in [0, 0.05) is 29.6 Å². The van der Waals surface area contributed by atoms with E-state index in [-0.39, 0.29) is 12.1 Å². The molecule has 1 amide bonds. The molecule has 4 nitrogen and oxygen atoms in total. The van der Waals surface area contributed by atoms with Crippen molar-refractivity contribution in [2.24, 2.45) is 0 Å². The van der Waals surface area contributed by atoms with Crippen LogP contribution in [0.3, 0.4) is 0 Å². The third-order valence-corrected chi connectivity index (χ3v) is 4.48. The van der Waals surface area contributed by atoms with E-state index in [2.05, 4.69) is 46.4 Å². The summed E-state index contributed by atoms with van der Waals surface area (Å²) >= 11 is 3.50. The predicted octanol–water partition coefficient (Wildman–Crippen LogP) is 4.33. The maximum absolute atomic E-state index is 12.2. The first-order chi connectivity index (χ1) is 10.7. The van der Waals surface area contributed by atoms with Gasteiger partial charge in [0.15, 0.2) is 0 Å². The maximum Gasteiger partial charge on any atom is 0.410 e. The number of nitrogens with zero attached hydrogens (tertiary/aromatic N) is 1. The van der Waals surface area contributed by atoms with Gasteiger partial charge in [-0.15, -0.1) is 0 Å². The van der Waals surface area contributed by atoms with Crippen LogP contribution in [0, 0.1) is 0 Å². The van der Waals surface area contributed by atoms with E-state index in [4.69, 9.17) is 4.74 Å². The van der Waals surface area contributed by atoms with Crippen LogP contribution in [0.5, 0.6) is 0 Å². The second-order valence-electron chi connectivity index (χ2n) is 7.25. The number of hydrogen-bond donors (Lipinski definition) is 1. The van der Waals surface area contributed by atoms with Gasteiger partial charge in [0.05, 0.1) is 0 Å². The van der Waals surface area contributed by atoms with Gasteiger partial charge in [-0.1, -0.05) is 28.1 Å². The van der Waals surface area contributed by atoms with E-state index in [0.717, 1.165) is 30.4 Å². The fourth-order valence-corrected chi connectivity index (χ4v) is 3.31. The molecule has 2 unspecified atom stereocenters. The molecule has 0 saturated carbocycles. The van der Waals surface area contributed by atoms with E-state index in [1.807, 2.05) is 31.7 Å². The molecule has 1 fully saturated rings. The van der Waals surface area contributed by atoms with Crippen LogP contribution in [0.2, 0.25) is 0 Å². The Labute approximate surface area is 147 Å². The summed E-state index contributed by atoms with van der Waals surface area (Å²) in [6.45, 7) is 9.40. The van der Waals surface area contributed by atoms with Crippen LogP contribution in [0.25, 0.3) is 0 Å². The minimum Gasteiger partial charge on any atom is -0.444 e. The largest absolute Gasteiger partial charge is 0.444 e. The minimum atomic E-state index is -0.438. The van der Waals surface area contributed by atoms with E-state index in [9.17, 15) is 4.79 Å². The SMILES string of the molecule is CC1CC(NCc2cccc(Br)c2)CCN1C(=O)OC(C)(C)C. The lowest BCUT2D eigenvalue weighted by molar-refractivity contribution is 0.00932. The Kier molecular flexibility index (Phi) is 6.09. The van der Waals surface area contributed by atoms with Gasteiger partial charge in [-0.3, -0.25) is 0 Å². The minimum absolute atomic E-state index is 0.193. The number of ether oxygens (including phenoxy) is 1. The molecular weight excluding hydrogens is 356 g/mol. The Bertz CT molecular complexity index is 542. The van der Waals surface area contributed by atoms with Crippen LogP contribution in [0.15, 0.2) is 28.7 Å². The molecule has 0 aromatic heterocycles. The number of amides is 1. The van der Waals surface area contributed by atoms with Crippen molar-refractivity contribution < 1.29 is 9.53 Å². The molecule has 0 radical (unpaired) electrons. The molecule has 1 N–H and O–H groups in total. The van der Waals surface area contributed by atoms with Crippen LogP contribution >= 0.6 is 15.9 Å². The molecule has 1 aliphatic heterocycles. The van der Waals surface area contributed by atoms with Crippen LogP contribution < -0.4 is 5.32 Å². The summed E-state index contributed by atoms with van der Waals surface area (Å²) in [5.41, 5.74) is 0.827. The second-order valence-corrected chi connectivity index (χ2v) is 8.17. The third kappa shape index (κ3) is 5.81. The average Bonchev–Trinajstić information content (AvgIpc) is 2.43. The van der Waals surface area contributed by atoms with Gasteiger partial charge in [-0.05, 0) is 58.2 Å². The smallest absolute Gasteiger partial charge is 0.410 e. The maximum atomic E-state index is 12.2. The number of benzene rings is 1. The molecule has 23 heavy (non-hydrogen) atoms. The van der Waals surface area contributed by atoms with Crippen LogP contribution in [-0.2, 0) is 11.3 Å². The molecule has 1 aromatic rings. The van der Waals surface area contributed by atoms with Gasteiger partial charge >= 0.3 is 6.09 Å². The van der Waals surface area contributed by atoms with Gasteiger partial charge in [-0.2, -0.15) is 0 Å². The van der Waals surface area contributed by atoms with Crippen molar-refractivity contribution in [2.75, 3.05) is 6.54 Å². The Morgan fingerprint density at radius 1 is 1.43 bits per heavy atom. The quantitative estimate of drug-likeness (QED) is 0.845. The zero-order valence-corrected chi connectivity index (χ0v) is 16.0. The second kappa shape index (κ2) is 7.67. The number of rotatable bonds is 3. The van der Waals surface area contributed by atoms with Crippen molar-refractivity contribution in [3.8, 4) is 0 Å². The van der Waals surface area contributed by atoms with Crippen molar-refractivity contribution in [3.05, 3.63) is 34.3 Å². The topological polar surface area (TPSA) is 41.6 Å². The molecule has 1 aromatic carbocycles. The number of carbonyl (C=O) groups is 1. The first-order valence-electron chi connectivity index (χ1n) is 8.22. The summed E-state index contributed by atoms with van der Waals surface area (Å²) in [6, 6.07) is 8.96. The molecule has 2 rings (SSSR count).